The maximum atomic E-state index is 12.6. The minimum absolute atomic E-state index is 0.361. The van der Waals surface area contributed by atoms with Crippen LogP contribution in [0.3, 0.4) is 0 Å². The van der Waals surface area contributed by atoms with Crippen LogP contribution in [-0.4, -0.2) is 54.1 Å². The fourth-order valence-corrected chi connectivity index (χ4v) is 3.98. The lowest BCUT2D eigenvalue weighted by Gasteiger charge is -2.26. The van der Waals surface area contributed by atoms with Gasteiger partial charge in [0.2, 0.25) is 17.4 Å². The lowest BCUT2D eigenvalue weighted by Crippen LogP contribution is -2.99. The largest absolute Gasteiger partial charge is 0.464 e. The van der Waals surface area contributed by atoms with Gasteiger partial charge in [-0.25, -0.2) is 4.79 Å². The SMILES string of the molecule is COC(=O)[C@]1(CO)[NH2+][C@@H](c2ccc(Cl)cc2)[C@H]2C(=O)N(C)C(=O)[C@H]21. The molecule has 0 spiro atoms. The van der Waals surface area contributed by atoms with E-state index in [1.165, 1.54) is 14.2 Å². The second-order valence-electron chi connectivity index (χ2n) is 6.17. The number of fused-ring (bicyclic) bond motifs is 1. The van der Waals surface area contributed by atoms with Crippen molar-refractivity contribution in [2.45, 2.75) is 11.6 Å². The van der Waals surface area contributed by atoms with E-state index in [0.29, 0.717) is 5.02 Å². The number of aliphatic hydroxyl groups excluding tert-OH is 1. The highest BCUT2D eigenvalue weighted by atomic mass is 35.5. The number of likely N-dealkylation sites (tertiary alicyclic amines) is 1. The molecule has 0 radical (unpaired) electrons. The molecule has 0 bridgehead atoms. The van der Waals surface area contributed by atoms with Crippen LogP contribution in [-0.2, 0) is 19.1 Å². The molecule has 1 aromatic rings. The highest BCUT2D eigenvalue weighted by molar-refractivity contribution is 6.30. The van der Waals surface area contributed by atoms with E-state index in [2.05, 4.69) is 0 Å². The van der Waals surface area contributed by atoms with Gasteiger partial charge in [-0.3, -0.25) is 14.5 Å². The van der Waals surface area contributed by atoms with E-state index >= 15 is 0 Å². The number of halogens is 1. The molecule has 0 aliphatic carbocycles. The van der Waals surface area contributed by atoms with Crippen LogP contribution in [0.5, 0.6) is 0 Å². The Hall–Kier alpha value is -1.96. The third kappa shape index (κ3) is 2.16. The molecule has 0 aromatic heterocycles. The molecule has 4 atom stereocenters. The van der Waals surface area contributed by atoms with E-state index in [0.717, 1.165) is 10.5 Å². The zero-order valence-electron chi connectivity index (χ0n) is 13.2. The van der Waals surface area contributed by atoms with Crippen LogP contribution in [0.25, 0.3) is 0 Å². The minimum Gasteiger partial charge on any atom is -0.464 e. The van der Waals surface area contributed by atoms with Crippen molar-refractivity contribution in [1.82, 2.24) is 4.90 Å². The topological polar surface area (TPSA) is 101 Å². The van der Waals surface area contributed by atoms with E-state index in [1.807, 2.05) is 0 Å². The molecule has 2 aliphatic heterocycles. The molecule has 2 fully saturated rings. The molecule has 3 N–H and O–H groups in total. The number of imide groups is 1. The summed E-state index contributed by atoms with van der Waals surface area (Å²) in [6, 6.07) is 6.38. The Balaban J connectivity index is 2.12. The van der Waals surface area contributed by atoms with Gasteiger partial charge in [0.05, 0.1) is 7.11 Å². The number of esters is 1. The molecule has 2 saturated heterocycles. The average Bonchev–Trinajstić information content (AvgIpc) is 3.05. The van der Waals surface area contributed by atoms with Crippen molar-refractivity contribution in [2.24, 2.45) is 11.8 Å². The Morgan fingerprint density at radius 1 is 1.33 bits per heavy atom. The van der Waals surface area contributed by atoms with Crippen molar-refractivity contribution in [3.05, 3.63) is 34.9 Å². The first-order valence-corrected chi connectivity index (χ1v) is 7.87. The summed E-state index contributed by atoms with van der Waals surface area (Å²) in [5.41, 5.74) is -0.772. The summed E-state index contributed by atoms with van der Waals surface area (Å²) in [6.45, 7) is -0.599. The number of carbonyl (C=O) groups is 3. The number of amides is 2. The molecule has 3 rings (SSSR count). The lowest BCUT2D eigenvalue weighted by atomic mass is 9.79. The highest BCUT2D eigenvalue weighted by Crippen LogP contribution is 2.43. The van der Waals surface area contributed by atoms with Gasteiger partial charge in [-0.2, -0.15) is 0 Å². The predicted molar refractivity (Wildman–Crippen MR) is 82.7 cm³/mol. The summed E-state index contributed by atoms with van der Waals surface area (Å²) in [4.78, 5) is 38.6. The maximum Gasteiger partial charge on any atom is 0.371 e. The Morgan fingerprint density at radius 2 is 1.96 bits per heavy atom. The van der Waals surface area contributed by atoms with Crippen LogP contribution in [0.2, 0.25) is 5.02 Å². The van der Waals surface area contributed by atoms with E-state index in [1.54, 1.807) is 29.6 Å². The van der Waals surface area contributed by atoms with Gasteiger partial charge in [-0.05, 0) is 12.1 Å². The summed E-state index contributed by atoms with van der Waals surface area (Å²) in [7, 11) is 2.59. The van der Waals surface area contributed by atoms with Gasteiger partial charge in [0, 0.05) is 17.6 Å². The quantitative estimate of drug-likeness (QED) is 0.541. The number of nitrogens with two attached hydrogens (primary N) is 1. The first-order valence-electron chi connectivity index (χ1n) is 7.49. The molecule has 128 valence electrons. The van der Waals surface area contributed by atoms with Crippen LogP contribution >= 0.6 is 11.6 Å². The number of methoxy groups -OCH3 is 1. The van der Waals surface area contributed by atoms with E-state index in [9.17, 15) is 19.5 Å². The van der Waals surface area contributed by atoms with Crippen LogP contribution in [0.1, 0.15) is 11.6 Å². The number of hydrogen-bond acceptors (Lipinski definition) is 5. The van der Waals surface area contributed by atoms with E-state index in [-0.39, 0.29) is 5.91 Å². The zero-order chi connectivity index (χ0) is 17.6. The summed E-state index contributed by atoms with van der Waals surface area (Å²) < 4.78 is 4.83. The standard InChI is InChI=1S/C16H17ClN2O5/c1-19-13(21)10-11(14(19)22)16(7-20,15(23)24-2)18-12(10)8-3-5-9(17)6-4-8/h3-6,10-12,18,20H,7H2,1-2H3/p+1/t10-,11-,12-,16+/m0/s1. The smallest absolute Gasteiger partial charge is 0.371 e. The van der Waals surface area contributed by atoms with Crippen molar-refractivity contribution in [2.75, 3.05) is 20.8 Å². The van der Waals surface area contributed by atoms with Gasteiger partial charge in [0.25, 0.3) is 0 Å². The van der Waals surface area contributed by atoms with Crippen molar-refractivity contribution in [1.29, 1.82) is 0 Å². The van der Waals surface area contributed by atoms with Gasteiger partial charge >= 0.3 is 5.97 Å². The summed E-state index contributed by atoms with van der Waals surface area (Å²) in [5, 5.41) is 12.1. The minimum atomic E-state index is -1.53. The van der Waals surface area contributed by atoms with Crippen molar-refractivity contribution < 1.29 is 29.5 Å². The van der Waals surface area contributed by atoms with Gasteiger partial charge < -0.3 is 15.2 Å². The number of nitrogens with zero attached hydrogens (tertiary/aromatic N) is 1. The van der Waals surface area contributed by atoms with Gasteiger partial charge in [-0.15, -0.1) is 0 Å². The van der Waals surface area contributed by atoms with Gasteiger partial charge in [-0.1, -0.05) is 23.7 Å². The molecular formula is C16H18ClN2O5+. The van der Waals surface area contributed by atoms with Crippen LogP contribution in [0.4, 0.5) is 0 Å². The Kier molecular flexibility index (Phi) is 4.11. The average molecular weight is 354 g/mol. The van der Waals surface area contributed by atoms with Crippen LogP contribution in [0.15, 0.2) is 24.3 Å². The first kappa shape index (κ1) is 16.9. The number of ether oxygens (including phenoxy) is 1. The molecule has 2 heterocycles. The fraction of sp³-hybridized carbons (Fsp3) is 0.438. The fourth-order valence-electron chi connectivity index (χ4n) is 3.86. The second-order valence-corrected chi connectivity index (χ2v) is 6.61. The molecule has 1 aromatic carbocycles. The third-order valence-electron chi connectivity index (χ3n) is 5.07. The molecule has 2 amide bonds. The highest BCUT2D eigenvalue weighted by Gasteiger charge is 2.72. The third-order valence-corrected chi connectivity index (χ3v) is 5.32. The molecular weight excluding hydrogens is 336 g/mol. The van der Waals surface area contributed by atoms with Crippen molar-refractivity contribution in [3.8, 4) is 0 Å². The number of carbonyl (C=O) groups excluding carboxylic acids is 3. The molecule has 0 unspecified atom stereocenters. The second kappa shape index (κ2) is 5.84. The van der Waals surface area contributed by atoms with Gasteiger partial charge in [0.1, 0.15) is 24.5 Å². The molecule has 2 aliphatic rings. The number of aliphatic hydroxyl groups is 1. The van der Waals surface area contributed by atoms with Crippen LogP contribution in [0, 0.1) is 11.8 Å². The number of quaternary nitrogens is 1. The molecule has 0 saturated carbocycles. The summed E-state index contributed by atoms with van der Waals surface area (Å²) in [6.07, 6.45) is 0. The van der Waals surface area contributed by atoms with Crippen molar-refractivity contribution >= 4 is 29.4 Å². The number of benzene rings is 1. The monoisotopic (exact) mass is 353 g/mol. The number of rotatable bonds is 3. The Labute approximate surface area is 143 Å². The predicted octanol–water partition coefficient (Wildman–Crippen LogP) is -0.907. The van der Waals surface area contributed by atoms with Gasteiger partial charge in [0.15, 0.2) is 0 Å². The first-order chi connectivity index (χ1) is 11.4. The summed E-state index contributed by atoms with van der Waals surface area (Å²) in [5.74, 6) is -3.26. The van der Waals surface area contributed by atoms with E-state index in [4.69, 9.17) is 16.3 Å². The normalized spacial score (nSPS) is 32.2. The zero-order valence-corrected chi connectivity index (χ0v) is 14.0. The Bertz CT molecular complexity index is 707. The van der Waals surface area contributed by atoms with Crippen LogP contribution < -0.4 is 5.32 Å². The summed E-state index contributed by atoms with van der Waals surface area (Å²) >= 11 is 5.91. The molecule has 24 heavy (non-hydrogen) atoms. The molecule has 7 nitrogen and oxygen atoms in total. The van der Waals surface area contributed by atoms with Crippen molar-refractivity contribution in [3.63, 3.8) is 0 Å². The van der Waals surface area contributed by atoms with E-state index < -0.39 is 41.9 Å². The maximum absolute atomic E-state index is 12.6. The lowest BCUT2D eigenvalue weighted by molar-refractivity contribution is -0.735. The molecule has 8 heteroatoms. The Morgan fingerprint density at radius 3 is 2.50 bits per heavy atom. The number of hydrogen-bond donors (Lipinski definition) is 2.